The van der Waals surface area contributed by atoms with Gasteiger partial charge < -0.3 is 0 Å². The molecule has 0 N–H and O–H groups in total. The van der Waals surface area contributed by atoms with Crippen LogP contribution >= 0.6 is 0 Å². The van der Waals surface area contributed by atoms with Crippen molar-refractivity contribution in [3.8, 4) is 100 Å². The predicted octanol–water partition coefficient (Wildman–Crippen LogP) is 29.5. The minimum Gasteiger partial charge on any atom is -0.0622 e. The van der Waals surface area contributed by atoms with E-state index in [2.05, 4.69) is 328 Å². The molecule has 0 radical (unpaired) electrons. The molecule has 0 heteroatoms. The molecule has 0 spiro atoms. The van der Waals surface area contributed by atoms with Gasteiger partial charge in [0.15, 0.2) is 0 Å². The number of benzene rings is 22. The molecule has 24 aromatic carbocycles. The SMILES string of the molecule is c1ccc(-c2c3c(c(-c4ccccc4)c4cc5ccccc5cc24)-c2ccc4c5ccc6c7c(ccc(c8ccc-3c2c84)c75)-c2ccccc2-6)cc1.c1ccc(-c2c3cc4ccccc4c4c5ccccc5c(c5c6ccc7c8ccc9c%10c(ccc(c%11ccc(c25)c6c%117)c%108)-c2ccccc2-9)c34)cc1. The number of hydrogen-bond donors (Lipinski definition) is 0. The van der Waals surface area contributed by atoms with Crippen LogP contribution in [0.1, 0.15) is 0 Å². The average Bonchev–Trinajstić information content (AvgIpc) is 1.49. The molecule has 0 atom stereocenters. The summed E-state index contributed by atoms with van der Waals surface area (Å²) in [5.41, 5.74) is 24.0. The fourth-order valence-electron chi connectivity index (χ4n) is 21.2. The van der Waals surface area contributed by atoms with E-state index in [0.29, 0.717) is 0 Å². The van der Waals surface area contributed by atoms with Gasteiger partial charge in [0, 0.05) is 0 Å². The summed E-state index contributed by atoms with van der Waals surface area (Å²) in [4.78, 5) is 0. The predicted molar refractivity (Wildman–Crippen MR) is 447 cm³/mol. The second-order valence-electron chi connectivity index (χ2n) is 29.7. The fourth-order valence-corrected chi connectivity index (χ4v) is 21.2. The van der Waals surface area contributed by atoms with Gasteiger partial charge in [-0.05, 0) is 291 Å². The number of rotatable bonds is 3. The molecule has 0 bridgehead atoms. The van der Waals surface area contributed by atoms with Crippen molar-refractivity contribution in [1.29, 1.82) is 0 Å². The Morgan fingerprint density at radius 2 is 0.365 bits per heavy atom. The Labute approximate surface area is 596 Å². The molecule has 27 rings (SSSR count). The van der Waals surface area contributed by atoms with Crippen LogP contribution in [-0.4, -0.2) is 0 Å². The van der Waals surface area contributed by atoms with Gasteiger partial charge in [-0.1, -0.05) is 309 Å². The maximum Gasteiger partial charge on any atom is -0.000696 e. The lowest BCUT2D eigenvalue weighted by molar-refractivity contribution is 1.63. The molecule has 0 saturated carbocycles. The summed E-state index contributed by atoms with van der Waals surface area (Å²) >= 11 is 0. The van der Waals surface area contributed by atoms with E-state index in [1.807, 2.05) is 0 Å². The van der Waals surface area contributed by atoms with Crippen LogP contribution < -0.4 is 0 Å². The second-order valence-corrected chi connectivity index (χ2v) is 29.7. The van der Waals surface area contributed by atoms with E-state index in [4.69, 9.17) is 0 Å². The molecule has 0 heterocycles. The highest BCUT2D eigenvalue weighted by atomic mass is 14.4. The van der Waals surface area contributed by atoms with Gasteiger partial charge in [-0.2, -0.15) is 0 Å². The summed E-state index contributed by atoms with van der Waals surface area (Å²) < 4.78 is 0. The summed E-state index contributed by atoms with van der Waals surface area (Å²) in [6.45, 7) is 0. The van der Waals surface area contributed by atoms with Gasteiger partial charge in [0.05, 0.1) is 0 Å². The maximum atomic E-state index is 2.47. The summed E-state index contributed by atoms with van der Waals surface area (Å²) in [5, 5.41) is 43.4. The second kappa shape index (κ2) is 19.3. The molecule has 3 aliphatic rings. The van der Waals surface area contributed by atoms with Crippen molar-refractivity contribution in [3.05, 3.63) is 328 Å². The third kappa shape index (κ3) is 6.55. The van der Waals surface area contributed by atoms with Crippen molar-refractivity contribution in [2.24, 2.45) is 0 Å². The van der Waals surface area contributed by atoms with E-state index in [1.54, 1.807) is 0 Å². The fraction of sp³-hybridized carbons (Fsp3) is 0. The van der Waals surface area contributed by atoms with Gasteiger partial charge in [-0.15, -0.1) is 0 Å². The molecule has 0 unspecified atom stereocenters. The Hall–Kier alpha value is -13.5. The molecule has 3 aliphatic carbocycles. The van der Waals surface area contributed by atoms with Crippen LogP contribution in [0.5, 0.6) is 0 Å². The number of hydrogen-bond acceptors (Lipinski definition) is 0. The molecule has 0 nitrogen and oxygen atoms in total. The van der Waals surface area contributed by atoms with Crippen molar-refractivity contribution >= 4 is 172 Å². The summed E-state index contributed by atoms with van der Waals surface area (Å²) in [6, 6.07) is 124. The topological polar surface area (TPSA) is 0 Å². The van der Waals surface area contributed by atoms with Crippen molar-refractivity contribution in [2.45, 2.75) is 0 Å². The van der Waals surface area contributed by atoms with Crippen LogP contribution in [0.15, 0.2) is 328 Å². The third-order valence-electron chi connectivity index (χ3n) is 25.0. The average molecular weight is 1300 g/mol. The van der Waals surface area contributed by atoms with E-state index >= 15 is 0 Å². The Morgan fingerprint density at radius 3 is 0.808 bits per heavy atom. The highest BCUT2D eigenvalue weighted by molar-refractivity contribution is 6.53. The van der Waals surface area contributed by atoms with E-state index in [1.165, 1.54) is 273 Å². The molecule has 0 aromatic heterocycles. The summed E-state index contributed by atoms with van der Waals surface area (Å²) in [5.74, 6) is 0. The first-order valence-corrected chi connectivity index (χ1v) is 36.6. The highest BCUT2D eigenvalue weighted by Gasteiger charge is 2.35. The Kier molecular flexibility index (Phi) is 10.1. The zero-order chi connectivity index (χ0) is 67.1. The molecular formula is C104H54. The Bertz CT molecular complexity index is 7740. The lowest BCUT2D eigenvalue weighted by Crippen LogP contribution is -1.94. The quantitative estimate of drug-likeness (QED) is 0.122. The van der Waals surface area contributed by atoms with Crippen LogP contribution in [0.25, 0.3) is 273 Å². The van der Waals surface area contributed by atoms with Crippen molar-refractivity contribution in [3.63, 3.8) is 0 Å². The first kappa shape index (κ1) is 54.3. The molecule has 0 fully saturated rings. The van der Waals surface area contributed by atoms with Gasteiger partial charge >= 0.3 is 0 Å². The molecule has 470 valence electrons. The molecule has 24 aromatic rings. The van der Waals surface area contributed by atoms with Crippen LogP contribution in [0.4, 0.5) is 0 Å². The first-order chi connectivity index (χ1) is 51.7. The van der Waals surface area contributed by atoms with E-state index in [0.717, 1.165) is 0 Å². The summed E-state index contributed by atoms with van der Waals surface area (Å²) in [7, 11) is 0. The van der Waals surface area contributed by atoms with Crippen molar-refractivity contribution in [2.75, 3.05) is 0 Å². The Morgan fingerprint density at radius 1 is 0.106 bits per heavy atom. The first-order valence-electron chi connectivity index (χ1n) is 36.6. The normalized spacial score (nSPS) is 12.8. The lowest BCUT2D eigenvalue weighted by atomic mass is 9.82. The van der Waals surface area contributed by atoms with Crippen molar-refractivity contribution < 1.29 is 0 Å². The van der Waals surface area contributed by atoms with Crippen LogP contribution in [0.2, 0.25) is 0 Å². The minimum absolute atomic E-state index is 1.25. The van der Waals surface area contributed by atoms with Gasteiger partial charge in [-0.3, -0.25) is 0 Å². The van der Waals surface area contributed by atoms with Crippen molar-refractivity contribution in [1.82, 2.24) is 0 Å². The van der Waals surface area contributed by atoms with E-state index in [9.17, 15) is 0 Å². The molecule has 104 heavy (non-hydrogen) atoms. The number of fused-ring (bicyclic) bond motifs is 24. The molecule has 0 amide bonds. The third-order valence-corrected chi connectivity index (χ3v) is 25.0. The zero-order valence-electron chi connectivity index (χ0n) is 56.2. The largest absolute Gasteiger partial charge is 0.0622 e. The minimum atomic E-state index is 1.25. The highest BCUT2D eigenvalue weighted by Crippen LogP contribution is 2.63. The smallest absolute Gasteiger partial charge is 0.000696 e. The van der Waals surface area contributed by atoms with Crippen LogP contribution in [0.3, 0.4) is 0 Å². The molecule has 0 saturated heterocycles. The van der Waals surface area contributed by atoms with Gasteiger partial charge in [0.1, 0.15) is 0 Å². The molecular weight excluding hydrogens is 1250 g/mol. The monoisotopic (exact) mass is 1300 g/mol. The maximum absolute atomic E-state index is 2.47. The van der Waals surface area contributed by atoms with Crippen LogP contribution in [0, 0.1) is 0 Å². The van der Waals surface area contributed by atoms with Gasteiger partial charge in [0.25, 0.3) is 0 Å². The standard InChI is InChI=1S/C52H26.C52H28/c1-2-10-27(11-3-1)43-42-26-28-12-4-5-13-29(28)44-32-16-8-9-17-33(32)49(52(42)44)51-41-25-23-39-37-21-19-35-31-15-7-6-14-30(31)34-18-20-36(46(37)45(34)35)38-22-24-40(50(43)51)48(41)47(38)39;1-3-11-29(12-4-1)45-43-27-31-15-7-8-16-32(31)28-44(43)46(30-13-5-2-6-14-30)52-42-26-24-40-38-22-20-36-34-18-10-9-17-33(34)35-19-21-37(48(38)47(35)36)39-23-25-41(51(45)52)50(42)49(39)40/h1-26H;1-28H. The zero-order valence-corrected chi connectivity index (χ0v) is 56.2. The van der Waals surface area contributed by atoms with E-state index < -0.39 is 0 Å². The van der Waals surface area contributed by atoms with E-state index in [-0.39, 0.29) is 0 Å². The lowest BCUT2D eigenvalue weighted by Gasteiger charge is -2.21. The van der Waals surface area contributed by atoms with Gasteiger partial charge in [0.2, 0.25) is 0 Å². The Balaban J connectivity index is 0.000000119. The van der Waals surface area contributed by atoms with Gasteiger partial charge in [-0.25, -0.2) is 0 Å². The van der Waals surface area contributed by atoms with Crippen LogP contribution in [-0.2, 0) is 0 Å². The summed E-state index contributed by atoms with van der Waals surface area (Å²) in [6.07, 6.45) is 0. The molecule has 0 aliphatic heterocycles.